The molecule has 0 unspecified atom stereocenters. The molecule has 0 amide bonds. The molecule has 0 radical (unpaired) electrons. The first-order valence-corrected chi connectivity index (χ1v) is 9.50. The van der Waals surface area contributed by atoms with E-state index >= 15 is 0 Å². The second-order valence-electron chi connectivity index (χ2n) is 7.60. The lowest BCUT2D eigenvalue weighted by Crippen LogP contribution is -2.30. The number of carboxylic acid groups (broad SMARTS) is 1. The number of benzene rings is 2. The van der Waals surface area contributed by atoms with Gasteiger partial charge < -0.3 is 19.1 Å². The SMILES string of the molecule is Cn1c(-c2ccc(OCC(=O)O)cc2C(F)(F)F)nnc1C(C)(C)Oc1c(F)cc(F)cc1F. The van der Waals surface area contributed by atoms with Gasteiger partial charge in [-0.3, -0.25) is 0 Å². The van der Waals surface area contributed by atoms with Crippen LogP contribution in [0.4, 0.5) is 26.3 Å². The topological polar surface area (TPSA) is 86.5 Å². The van der Waals surface area contributed by atoms with Gasteiger partial charge in [-0.15, -0.1) is 10.2 Å². The molecule has 0 spiro atoms. The number of aromatic nitrogens is 3. The van der Waals surface area contributed by atoms with Crippen molar-refractivity contribution in [1.82, 2.24) is 14.8 Å². The van der Waals surface area contributed by atoms with Gasteiger partial charge in [-0.2, -0.15) is 13.2 Å². The molecular formula is C21H17F6N3O4. The zero-order valence-electron chi connectivity index (χ0n) is 17.9. The molecule has 0 atom stereocenters. The lowest BCUT2D eigenvalue weighted by atomic mass is 10.0. The van der Waals surface area contributed by atoms with Gasteiger partial charge in [-0.25, -0.2) is 18.0 Å². The van der Waals surface area contributed by atoms with Crippen LogP contribution < -0.4 is 9.47 Å². The average Bonchev–Trinajstić information content (AvgIpc) is 3.10. The number of hydrogen-bond donors (Lipinski definition) is 1. The molecule has 0 aliphatic carbocycles. The summed E-state index contributed by atoms with van der Waals surface area (Å²) in [5.41, 5.74) is -3.19. The number of carbonyl (C=O) groups is 1. The Balaban J connectivity index is 2.02. The van der Waals surface area contributed by atoms with Crippen LogP contribution in [0.2, 0.25) is 0 Å². The lowest BCUT2D eigenvalue weighted by molar-refractivity contribution is -0.139. The third kappa shape index (κ3) is 5.07. The zero-order chi connectivity index (χ0) is 25.4. The van der Waals surface area contributed by atoms with Crippen molar-refractivity contribution in [3.05, 3.63) is 59.2 Å². The van der Waals surface area contributed by atoms with Gasteiger partial charge in [0.05, 0.1) is 5.56 Å². The Morgan fingerprint density at radius 1 is 1.06 bits per heavy atom. The van der Waals surface area contributed by atoms with Gasteiger partial charge >= 0.3 is 12.1 Å². The molecule has 0 aliphatic heterocycles. The third-order valence-electron chi connectivity index (χ3n) is 4.63. The standard InChI is InChI=1S/C21H17F6N3O4/c1-20(2,34-17-14(23)6-10(22)7-15(17)24)19-29-28-18(30(19)3)12-5-4-11(33-9-16(31)32)8-13(12)21(25,26)27/h4-8H,9H2,1-3H3,(H,31,32). The fraction of sp³-hybridized carbons (Fsp3) is 0.286. The van der Waals surface area contributed by atoms with Crippen molar-refractivity contribution in [3.8, 4) is 22.9 Å². The predicted octanol–water partition coefficient (Wildman–Crippen LogP) is 4.70. The largest absolute Gasteiger partial charge is 0.482 e. The average molecular weight is 489 g/mol. The summed E-state index contributed by atoms with van der Waals surface area (Å²) in [6, 6.07) is 3.62. The number of aliphatic carboxylic acids is 1. The number of halogens is 6. The van der Waals surface area contributed by atoms with Gasteiger partial charge in [0.2, 0.25) is 0 Å². The van der Waals surface area contributed by atoms with Crippen LogP contribution in [0.15, 0.2) is 30.3 Å². The van der Waals surface area contributed by atoms with E-state index in [9.17, 15) is 31.1 Å². The van der Waals surface area contributed by atoms with E-state index in [-0.39, 0.29) is 17.4 Å². The van der Waals surface area contributed by atoms with Crippen LogP contribution in [0.25, 0.3) is 11.4 Å². The summed E-state index contributed by atoms with van der Waals surface area (Å²) < 4.78 is 93.8. The molecular weight excluding hydrogens is 472 g/mol. The molecule has 34 heavy (non-hydrogen) atoms. The van der Waals surface area contributed by atoms with E-state index in [2.05, 4.69) is 10.2 Å². The summed E-state index contributed by atoms with van der Waals surface area (Å²) in [6.07, 6.45) is -4.86. The monoisotopic (exact) mass is 489 g/mol. The molecule has 3 aromatic rings. The van der Waals surface area contributed by atoms with Gasteiger partial charge in [0.15, 0.2) is 41.2 Å². The Kier molecular flexibility index (Phi) is 6.49. The van der Waals surface area contributed by atoms with E-state index in [1.54, 1.807) is 0 Å². The van der Waals surface area contributed by atoms with Gasteiger partial charge in [0.25, 0.3) is 0 Å². The van der Waals surface area contributed by atoms with Crippen molar-refractivity contribution in [2.75, 3.05) is 6.61 Å². The Bertz CT molecular complexity index is 1220. The van der Waals surface area contributed by atoms with Crippen LogP contribution in [0, 0.1) is 17.5 Å². The van der Waals surface area contributed by atoms with Crippen LogP contribution in [-0.4, -0.2) is 32.4 Å². The van der Waals surface area contributed by atoms with Crippen molar-refractivity contribution in [1.29, 1.82) is 0 Å². The number of carboxylic acids is 1. The highest BCUT2D eigenvalue weighted by molar-refractivity contribution is 5.69. The van der Waals surface area contributed by atoms with Crippen molar-refractivity contribution in [3.63, 3.8) is 0 Å². The number of hydrogen-bond acceptors (Lipinski definition) is 5. The summed E-state index contributed by atoms with van der Waals surface area (Å²) in [7, 11) is 1.32. The minimum atomic E-state index is -4.86. The molecule has 3 rings (SSSR count). The summed E-state index contributed by atoms with van der Waals surface area (Å²) in [6.45, 7) is 1.85. The maximum Gasteiger partial charge on any atom is 0.417 e. The van der Waals surface area contributed by atoms with Crippen molar-refractivity contribution >= 4 is 5.97 Å². The minimum Gasteiger partial charge on any atom is -0.482 e. The molecule has 182 valence electrons. The fourth-order valence-electron chi connectivity index (χ4n) is 3.20. The summed E-state index contributed by atoms with van der Waals surface area (Å²) in [5.74, 6) is -6.73. The maximum absolute atomic E-state index is 14.0. The Morgan fingerprint density at radius 3 is 2.24 bits per heavy atom. The van der Waals surface area contributed by atoms with E-state index in [1.165, 1.54) is 20.9 Å². The third-order valence-corrected chi connectivity index (χ3v) is 4.63. The quantitative estimate of drug-likeness (QED) is 0.485. The fourth-order valence-corrected chi connectivity index (χ4v) is 3.20. The Morgan fingerprint density at radius 2 is 1.68 bits per heavy atom. The van der Waals surface area contributed by atoms with Gasteiger partial charge in [-0.05, 0) is 32.0 Å². The van der Waals surface area contributed by atoms with Gasteiger partial charge in [0, 0.05) is 24.7 Å². The highest BCUT2D eigenvalue weighted by Gasteiger charge is 2.37. The Hall–Kier alpha value is -3.77. The smallest absolute Gasteiger partial charge is 0.417 e. The first-order valence-electron chi connectivity index (χ1n) is 9.50. The molecule has 0 bridgehead atoms. The zero-order valence-corrected chi connectivity index (χ0v) is 17.9. The van der Waals surface area contributed by atoms with E-state index in [0.717, 1.165) is 16.7 Å². The molecule has 13 heteroatoms. The summed E-state index contributed by atoms with van der Waals surface area (Å²) >= 11 is 0. The van der Waals surface area contributed by atoms with Crippen LogP contribution in [0.1, 0.15) is 25.2 Å². The van der Waals surface area contributed by atoms with Crippen LogP contribution in [-0.2, 0) is 23.6 Å². The van der Waals surface area contributed by atoms with Crippen molar-refractivity contribution < 1.29 is 45.7 Å². The molecule has 0 aliphatic rings. The first kappa shape index (κ1) is 24.9. The van der Waals surface area contributed by atoms with Crippen LogP contribution in [0.5, 0.6) is 11.5 Å². The lowest BCUT2D eigenvalue weighted by Gasteiger charge is -2.26. The first-order chi connectivity index (χ1) is 15.7. The van der Waals surface area contributed by atoms with Crippen molar-refractivity contribution in [2.24, 2.45) is 7.05 Å². The van der Waals surface area contributed by atoms with E-state index in [0.29, 0.717) is 18.2 Å². The number of nitrogens with zero attached hydrogens (tertiary/aromatic N) is 3. The molecule has 1 N–H and O–H groups in total. The molecule has 1 aromatic heterocycles. The van der Waals surface area contributed by atoms with Crippen LogP contribution >= 0.6 is 0 Å². The molecule has 0 saturated carbocycles. The van der Waals surface area contributed by atoms with Crippen LogP contribution in [0.3, 0.4) is 0 Å². The molecule has 7 nitrogen and oxygen atoms in total. The van der Waals surface area contributed by atoms with E-state index in [4.69, 9.17) is 14.6 Å². The normalized spacial score (nSPS) is 12.0. The van der Waals surface area contributed by atoms with Gasteiger partial charge in [0.1, 0.15) is 11.6 Å². The van der Waals surface area contributed by atoms with Gasteiger partial charge in [-0.1, -0.05) is 0 Å². The maximum atomic E-state index is 14.0. The summed E-state index contributed by atoms with van der Waals surface area (Å²) in [4.78, 5) is 10.6. The number of ether oxygens (including phenoxy) is 2. The minimum absolute atomic E-state index is 0.0926. The highest BCUT2D eigenvalue weighted by Crippen LogP contribution is 2.39. The number of alkyl halides is 3. The second kappa shape index (κ2) is 8.88. The summed E-state index contributed by atoms with van der Waals surface area (Å²) in [5, 5.41) is 16.3. The van der Waals surface area contributed by atoms with E-state index < -0.39 is 58.7 Å². The highest BCUT2D eigenvalue weighted by atomic mass is 19.4. The molecule has 2 aromatic carbocycles. The van der Waals surface area contributed by atoms with E-state index in [1.807, 2.05) is 0 Å². The van der Waals surface area contributed by atoms with Crippen molar-refractivity contribution in [2.45, 2.75) is 25.6 Å². The number of rotatable bonds is 7. The molecule has 0 saturated heterocycles. The Labute approximate surface area is 188 Å². The second-order valence-corrected chi connectivity index (χ2v) is 7.60. The predicted molar refractivity (Wildman–Crippen MR) is 105 cm³/mol. The molecule has 1 heterocycles. The molecule has 0 fully saturated rings.